The molecular weight excluding hydrogens is 280 g/mol. The fraction of sp³-hybridized carbons (Fsp3) is 0.588. The van der Waals surface area contributed by atoms with Gasteiger partial charge >= 0.3 is 6.09 Å². The van der Waals surface area contributed by atoms with Crippen molar-refractivity contribution in [1.29, 1.82) is 0 Å². The second-order valence-electron chi connectivity index (χ2n) is 6.57. The standard InChI is InChI=1S/C17H28N2O3/c1-17(2,3)22-16(20)18-15(10-11-19(4)5)13-8-7-9-14(12-13)21-6/h7-9,12,15H,10-11H2,1-6H3,(H,18,20). The minimum atomic E-state index is -0.509. The van der Waals surface area contributed by atoms with Crippen molar-refractivity contribution in [2.75, 3.05) is 27.7 Å². The van der Waals surface area contributed by atoms with Crippen LogP contribution in [0.2, 0.25) is 0 Å². The van der Waals surface area contributed by atoms with Gasteiger partial charge in [0.25, 0.3) is 0 Å². The second kappa shape index (κ2) is 8.03. The zero-order valence-corrected chi connectivity index (χ0v) is 14.5. The maximum absolute atomic E-state index is 12.1. The lowest BCUT2D eigenvalue weighted by Crippen LogP contribution is -2.36. The van der Waals surface area contributed by atoms with Gasteiger partial charge in [0.15, 0.2) is 0 Å². The van der Waals surface area contributed by atoms with Crippen LogP contribution in [0.3, 0.4) is 0 Å². The zero-order valence-electron chi connectivity index (χ0n) is 14.5. The van der Waals surface area contributed by atoms with Gasteiger partial charge in [0.05, 0.1) is 13.2 Å². The van der Waals surface area contributed by atoms with Crippen molar-refractivity contribution >= 4 is 6.09 Å². The Labute approximate surface area is 133 Å². The van der Waals surface area contributed by atoms with Crippen molar-refractivity contribution in [2.24, 2.45) is 0 Å². The topological polar surface area (TPSA) is 50.8 Å². The van der Waals surface area contributed by atoms with E-state index in [0.29, 0.717) is 0 Å². The summed E-state index contributed by atoms with van der Waals surface area (Å²) in [5, 5.41) is 2.95. The third kappa shape index (κ3) is 6.80. The molecule has 0 spiro atoms. The third-order valence-corrected chi connectivity index (χ3v) is 3.05. The van der Waals surface area contributed by atoms with E-state index in [2.05, 4.69) is 10.2 Å². The van der Waals surface area contributed by atoms with Crippen LogP contribution in [0.25, 0.3) is 0 Å². The minimum absolute atomic E-state index is 0.118. The summed E-state index contributed by atoms with van der Waals surface area (Å²) in [4.78, 5) is 14.2. The van der Waals surface area contributed by atoms with E-state index in [-0.39, 0.29) is 6.04 Å². The number of ether oxygens (including phenoxy) is 2. The second-order valence-corrected chi connectivity index (χ2v) is 6.57. The molecule has 1 aromatic rings. The van der Waals surface area contributed by atoms with Crippen LogP contribution >= 0.6 is 0 Å². The normalized spacial score (nSPS) is 12.9. The molecular formula is C17H28N2O3. The maximum Gasteiger partial charge on any atom is 0.408 e. The Morgan fingerprint density at radius 2 is 2.00 bits per heavy atom. The summed E-state index contributed by atoms with van der Waals surface area (Å²) in [6, 6.07) is 7.62. The van der Waals surface area contributed by atoms with Crippen LogP contribution in [0.1, 0.15) is 38.8 Å². The van der Waals surface area contributed by atoms with Crippen molar-refractivity contribution in [2.45, 2.75) is 38.8 Å². The number of rotatable bonds is 6. The fourth-order valence-electron chi connectivity index (χ4n) is 2.02. The molecule has 0 aliphatic carbocycles. The first-order valence-electron chi connectivity index (χ1n) is 7.49. The summed E-state index contributed by atoms with van der Waals surface area (Å²) in [7, 11) is 5.65. The van der Waals surface area contributed by atoms with Gasteiger partial charge in [-0.05, 0) is 65.5 Å². The Bertz CT molecular complexity index is 481. The smallest absolute Gasteiger partial charge is 0.408 e. The Morgan fingerprint density at radius 1 is 1.32 bits per heavy atom. The van der Waals surface area contributed by atoms with Gasteiger partial charge in [-0.15, -0.1) is 0 Å². The first kappa shape index (κ1) is 18.3. The molecule has 0 aliphatic rings. The quantitative estimate of drug-likeness (QED) is 0.876. The number of nitrogens with zero attached hydrogens (tertiary/aromatic N) is 1. The van der Waals surface area contributed by atoms with Crippen molar-refractivity contribution < 1.29 is 14.3 Å². The molecule has 1 N–H and O–H groups in total. The average molecular weight is 308 g/mol. The predicted molar refractivity (Wildman–Crippen MR) is 88.3 cm³/mol. The third-order valence-electron chi connectivity index (χ3n) is 3.05. The van der Waals surface area contributed by atoms with Crippen LogP contribution in [0.5, 0.6) is 5.75 Å². The largest absolute Gasteiger partial charge is 0.497 e. The summed E-state index contributed by atoms with van der Waals surface area (Å²) >= 11 is 0. The highest BCUT2D eigenvalue weighted by molar-refractivity contribution is 5.68. The van der Waals surface area contributed by atoms with Crippen LogP contribution in [-0.2, 0) is 4.74 Å². The molecule has 0 saturated heterocycles. The van der Waals surface area contributed by atoms with Gasteiger partial charge in [0.1, 0.15) is 11.4 Å². The molecule has 5 heteroatoms. The molecule has 1 rings (SSSR count). The van der Waals surface area contributed by atoms with E-state index < -0.39 is 11.7 Å². The average Bonchev–Trinajstić information content (AvgIpc) is 2.41. The zero-order chi connectivity index (χ0) is 16.8. The number of methoxy groups -OCH3 is 1. The molecule has 0 fully saturated rings. The first-order valence-corrected chi connectivity index (χ1v) is 7.49. The van der Waals surface area contributed by atoms with Crippen LogP contribution in [-0.4, -0.2) is 44.3 Å². The van der Waals surface area contributed by atoms with Crippen molar-refractivity contribution in [3.8, 4) is 5.75 Å². The van der Waals surface area contributed by atoms with Crippen molar-refractivity contribution in [1.82, 2.24) is 10.2 Å². The van der Waals surface area contributed by atoms with E-state index in [1.807, 2.05) is 59.1 Å². The van der Waals surface area contributed by atoms with Gasteiger partial charge in [0.2, 0.25) is 0 Å². The summed E-state index contributed by atoms with van der Waals surface area (Å²) in [6.45, 7) is 6.42. The molecule has 1 unspecified atom stereocenters. The molecule has 1 amide bonds. The van der Waals surface area contributed by atoms with Gasteiger partial charge in [0, 0.05) is 0 Å². The van der Waals surface area contributed by atoms with Gasteiger partial charge in [-0.1, -0.05) is 12.1 Å². The van der Waals surface area contributed by atoms with E-state index in [1.54, 1.807) is 7.11 Å². The Kier molecular flexibility index (Phi) is 6.68. The summed E-state index contributed by atoms with van der Waals surface area (Å²) in [5.41, 5.74) is 0.497. The number of alkyl carbamates (subject to hydrolysis) is 1. The van der Waals surface area contributed by atoms with Crippen molar-refractivity contribution in [3.05, 3.63) is 29.8 Å². The highest BCUT2D eigenvalue weighted by Crippen LogP contribution is 2.22. The lowest BCUT2D eigenvalue weighted by Gasteiger charge is -2.25. The van der Waals surface area contributed by atoms with Crippen molar-refractivity contribution in [3.63, 3.8) is 0 Å². The van der Waals surface area contributed by atoms with Gasteiger partial charge in [-0.25, -0.2) is 4.79 Å². The molecule has 1 aromatic carbocycles. The van der Waals surface area contributed by atoms with E-state index >= 15 is 0 Å². The Balaban J connectivity index is 2.85. The van der Waals surface area contributed by atoms with Crippen LogP contribution < -0.4 is 10.1 Å². The monoisotopic (exact) mass is 308 g/mol. The number of benzene rings is 1. The van der Waals surface area contributed by atoms with Crippen LogP contribution in [0, 0.1) is 0 Å². The van der Waals surface area contributed by atoms with Crippen LogP contribution in [0.4, 0.5) is 4.79 Å². The van der Waals surface area contributed by atoms with E-state index in [0.717, 1.165) is 24.3 Å². The number of nitrogens with one attached hydrogen (secondary N) is 1. The summed E-state index contributed by atoms with van der Waals surface area (Å²) in [5.74, 6) is 0.776. The van der Waals surface area contributed by atoms with Gasteiger partial charge < -0.3 is 19.7 Å². The highest BCUT2D eigenvalue weighted by Gasteiger charge is 2.21. The Hall–Kier alpha value is -1.75. The molecule has 22 heavy (non-hydrogen) atoms. The maximum atomic E-state index is 12.1. The molecule has 0 aliphatic heterocycles. The van der Waals surface area contributed by atoms with Gasteiger partial charge in [-0.2, -0.15) is 0 Å². The first-order chi connectivity index (χ1) is 10.2. The molecule has 0 heterocycles. The summed E-state index contributed by atoms with van der Waals surface area (Å²) < 4.78 is 10.6. The molecule has 1 atom stereocenters. The number of hydrogen-bond donors (Lipinski definition) is 1. The number of hydrogen-bond acceptors (Lipinski definition) is 4. The van der Waals surface area contributed by atoms with E-state index in [9.17, 15) is 4.79 Å². The lowest BCUT2D eigenvalue weighted by molar-refractivity contribution is 0.0499. The molecule has 0 aromatic heterocycles. The van der Waals surface area contributed by atoms with E-state index in [4.69, 9.17) is 9.47 Å². The lowest BCUT2D eigenvalue weighted by atomic mass is 10.0. The van der Waals surface area contributed by atoms with Crippen LogP contribution in [0.15, 0.2) is 24.3 Å². The molecule has 0 bridgehead atoms. The minimum Gasteiger partial charge on any atom is -0.497 e. The SMILES string of the molecule is COc1cccc(C(CCN(C)C)NC(=O)OC(C)(C)C)c1. The molecule has 5 nitrogen and oxygen atoms in total. The highest BCUT2D eigenvalue weighted by atomic mass is 16.6. The Morgan fingerprint density at radius 3 is 2.55 bits per heavy atom. The molecule has 0 saturated carbocycles. The molecule has 124 valence electrons. The molecule has 0 radical (unpaired) electrons. The number of carbonyl (C=O) groups is 1. The number of amides is 1. The van der Waals surface area contributed by atoms with E-state index in [1.165, 1.54) is 0 Å². The van der Waals surface area contributed by atoms with Gasteiger partial charge in [-0.3, -0.25) is 0 Å². The number of carbonyl (C=O) groups excluding carboxylic acids is 1. The fourth-order valence-corrected chi connectivity index (χ4v) is 2.02. The predicted octanol–water partition coefficient (Wildman–Crippen LogP) is 3.21. The summed E-state index contributed by atoms with van der Waals surface area (Å²) in [6.07, 6.45) is 0.387.